The van der Waals surface area contributed by atoms with Crippen LogP contribution in [0.1, 0.15) is 12.0 Å². The number of halogens is 5. The Kier molecular flexibility index (Phi) is 3.49. The van der Waals surface area contributed by atoms with E-state index in [9.17, 15) is 32.1 Å². The van der Waals surface area contributed by atoms with Gasteiger partial charge in [-0.05, 0) is 12.1 Å². The molecule has 1 rings (SSSR count). The predicted octanol–water partition coefficient (Wildman–Crippen LogP) is 3.43. The van der Waals surface area contributed by atoms with Crippen LogP contribution in [-0.4, -0.2) is 11.3 Å². The molecule has 0 aromatic heterocycles. The Labute approximate surface area is 90.8 Å². The van der Waals surface area contributed by atoms with Crippen molar-refractivity contribution in [3.8, 4) is 5.75 Å². The largest absolute Gasteiger partial charge is 0.573 e. The fraction of sp³-hybridized carbons (Fsp3) is 0.250. The maximum atomic E-state index is 12.4. The molecule has 0 heterocycles. The second kappa shape index (κ2) is 4.52. The molecule has 1 aromatic carbocycles. The Morgan fingerprint density at radius 1 is 1.29 bits per heavy atom. The summed E-state index contributed by atoms with van der Waals surface area (Å²) >= 11 is 0. The summed E-state index contributed by atoms with van der Waals surface area (Å²) < 4.78 is 63.5. The average Bonchev–Trinajstić information content (AvgIpc) is 2.14. The number of hydrogen-bond acceptors (Lipinski definition) is 3. The first-order chi connectivity index (χ1) is 7.70. The third-order valence-corrected chi connectivity index (χ3v) is 1.66. The van der Waals surface area contributed by atoms with Crippen molar-refractivity contribution >= 4 is 5.69 Å². The van der Waals surface area contributed by atoms with E-state index in [0.717, 1.165) is 0 Å². The molecule has 0 aliphatic rings. The van der Waals surface area contributed by atoms with Crippen LogP contribution >= 0.6 is 0 Å². The predicted molar refractivity (Wildman–Crippen MR) is 44.7 cm³/mol. The molecular weight excluding hydrogens is 253 g/mol. The molecule has 1 aromatic rings. The van der Waals surface area contributed by atoms with E-state index in [1.807, 2.05) is 0 Å². The summed E-state index contributed by atoms with van der Waals surface area (Å²) in [6, 6.07) is 1.41. The van der Waals surface area contributed by atoms with Crippen LogP contribution in [0.4, 0.5) is 27.6 Å². The van der Waals surface area contributed by atoms with E-state index in [2.05, 4.69) is 4.74 Å². The number of alkyl halides is 5. The minimum absolute atomic E-state index is 0.288. The van der Waals surface area contributed by atoms with E-state index < -0.39 is 34.7 Å². The lowest BCUT2D eigenvalue weighted by molar-refractivity contribution is -0.386. The van der Waals surface area contributed by atoms with Gasteiger partial charge in [0.25, 0.3) is 12.1 Å². The number of hydrogen-bond donors (Lipinski definition) is 0. The third-order valence-electron chi connectivity index (χ3n) is 1.66. The zero-order valence-corrected chi connectivity index (χ0v) is 7.87. The lowest BCUT2D eigenvalue weighted by atomic mass is 10.2. The lowest BCUT2D eigenvalue weighted by Gasteiger charge is -2.10. The summed E-state index contributed by atoms with van der Waals surface area (Å²) in [4.78, 5) is 9.22. The fourth-order valence-electron chi connectivity index (χ4n) is 1.07. The number of benzene rings is 1. The van der Waals surface area contributed by atoms with E-state index >= 15 is 0 Å². The lowest BCUT2D eigenvalue weighted by Crippen LogP contribution is -2.17. The standard InChI is InChI=1S/C8H4F5NO3/c9-7(10)5-3-4(17-8(11,12)13)1-2-6(5)14(15)16/h1-3,7H. The first-order valence-corrected chi connectivity index (χ1v) is 4.03. The van der Waals surface area contributed by atoms with Crippen LogP contribution in [0.15, 0.2) is 18.2 Å². The smallest absolute Gasteiger partial charge is 0.406 e. The van der Waals surface area contributed by atoms with Gasteiger partial charge in [-0.1, -0.05) is 0 Å². The fourth-order valence-corrected chi connectivity index (χ4v) is 1.07. The molecule has 0 saturated heterocycles. The quantitative estimate of drug-likeness (QED) is 0.473. The molecule has 4 nitrogen and oxygen atoms in total. The van der Waals surface area contributed by atoms with Gasteiger partial charge in [-0.25, -0.2) is 8.78 Å². The maximum absolute atomic E-state index is 12.4. The molecule has 9 heteroatoms. The van der Waals surface area contributed by atoms with Crippen molar-refractivity contribution in [2.45, 2.75) is 12.8 Å². The van der Waals surface area contributed by atoms with Crippen molar-refractivity contribution in [2.75, 3.05) is 0 Å². The Morgan fingerprint density at radius 3 is 2.29 bits per heavy atom. The highest BCUT2D eigenvalue weighted by atomic mass is 19.4. The van der Waals surface area contributed by atoms with E-state index in [1.54, 1.807) is 0 Å². The van der Waals surface area contributed by atoms with Crippen LogP contribution in [0.2, 0.25) is 0 Å². The molecule has 0 saturated carbocycles. The Bertz CT molecular complexity index is 432. The molecule has 94 valence electrons. The molecule has 0 aliphatic carbocycles. The highest BCUT2D eigenvalue weighted by Gasteiger charge is 2.32. The van der Waals surface area contributed by atoms with Crippen molar-refractivity contribution < 1.29 is 31.6 Å². The van der Waals surface area contributed by atoms with Gasteiger partial charge < -0.3 is 4.74 Å². The van der Waals surface area contributed by atoms with Gasteiger partial charge in [0.15, 0.2) is 0 Å². The van der Waals surface area contributed by atoms with Crippen LogP contribution in [0, 0.1) is 10.1 Å². The van der Waals surface area contributed by atoms with Crippen LogP contribution in [0.25, 0.3) is 0 Å². The zero-order valence-electron chi connectivity index (χ0n) is 7.87. The number of ether oxygens (including phenoxy) is 1. The average molecular weight is 257 g/mol. The van der Waals surface area contributed by atoms with Crippen LogP contribution in [0.5, 0.6) is 5.75 Å². The van der Waals surface area contributed by atoms with Gasteiger partial charge in [-0.2, -0.15) is 0 Å². The topological polar surface area (TPSA) is 52.4 Å². The van der Waals surface area contributed by atoms with Gasteiger partial charge in [0.05, 0.1) is 10.5 Å². The van der Waals surface area contributed by atoms with Gasteiger partial charge in [0, 0.05) is 6.07 Å². The molecule has 0 atom stereocenters. The molecular formula is C8H4F5NO3. The molecule has 0 radical (unpaired) electrons. The first kappa shape index (κ1) is 13.1. The molecule has 0 aliphatic heterocycles. The molecule has 0 spiro atoms. The SMILES string of the molecule is O=[N+]([O-])c1ccc(OC(F)(F)F)cc1C(F)F. The summed E-state index contributed by atoms with van der Waals surface area (Å²) in [5.74, 6) is -0.932. The first-order valence-electron chi connectivity index (χ1n) is 4.03. The van der Waals surface area contributed by atoms with Gasteiger partial charge in [-0.15, -0.1) is 13.2 Å². The van der Waals surface area contributed by atoms with Gasteiger partial charge >= 0.3 is 6.36 Å². The number of nitro benzene ring substituents is 1. The second-order valence-corrected chi connectivity index (χ2v) is 2.83. The minimum atomic E-state index is -5.05. The van der Waals surface area contributed by atoms with Gasteiger partial charge in [0.1, 0.15) is 5.75 Å². The van der Waals surface area contributed by atoms with Gasteiger partial charge in [-0.3, -0.25) is 10.1 Å². The Morgan fingerprint density at radius 2 is 1.88 bits per heavy atom. The summed E-state index contributed by atoms with van der Waals surface area (Å²) in [5, 5.41) is 10.3. The number of nitro groups is 1. The van der Waals surface area contributed by atoms with Gasteiger partial charge in [0.2, 0.25) is 0 Å². The molecule has 17 heavy (non-hydrogen) atoms. The van der Waals surface area contributed by atoms with E-state index in [-0.39, 0.29) is 6.07 Å². The third kappa shape index (κ3) is 3.54. The van der Waals surface area contributed by atoms with Crippen LogP contribution in [0.3, 0.4) is 0 Å². The van der Waals surface area contributed by atoms with Crippen molar-refractivity contribution in [1.29, 1.82) is 0 Å². The Balaban J connectivity index is 3.15. The summed E-state index contributed by atoms with van der Waals surface area (Å²) in [7, 11) is 0. The van der Waals surface area contributed by atoms with Crippen LogP contribution < -0.4 is 4.74 Å². The molecule has 0 bridgehead atoms. The van der Waals surface area contributed by atoms with E-state index in [4.69, 9.17) is 0 Å². The monoisotopic (exact) mass is 257 g/mol. The normalized spacial score (nSPS) is 11.6. The summed E-state index contributed by atoms with van der Waals surface area (Å²) in [5.41, 5.74) is -2.09. The molecule has 0 N–H and O–H groups in total. The zero-order chi connectivity index (χ0) is 13.2. The highest BCUT2D eigenvalue weighted by molar-refractivity contribution is 5.46. The number of nitrogens with zero attached hydrogens (tertiary/aromatic N) is 1. The molecule has 0 fully saturated rings. The van der Waals surface area contributed by atoms with Crippen molar-refractivity contribution in [1.82, 2.24) is 0 Å². The Hall–Kier alpha value is -1.93. The van der Waals surface area contributed by atoms with E-state index in [1.165, 1.54) is 0 Å². The summed E-state index contributed by atoms with van der Waals surface area (Å²) in [6.45, 7) is 0. The number of rotatable bonds is 3. The molecule has 0 unspecified atom stereocenters. The van der Waals surface area contributed by atoms with Crippen molar-refractivity contribution in [2.24, 2.45) is 0 Å². The summed E-state index contributed by atoms with van der Waals surface area (Å²) in [6.07, 6.45) is -8.32. The second-order valence-electron chi connectivity index (χ2n) is 2.83. The van der Waals surface area contributed by atoms with Crippen LogP contribution in [-0.2, 0) is 0 Å². The van der Waals surface area contributed by atoms with Crippen molar-refractivity contribution in [3.63, 3.8) is 0 Å². The molecule has 0 amide bonds. The minimum Gasteiger partial charge on any atom is -0.406 e. The van der Waals surface area contributed by atoms with E-state index in [0.29, 0.717) is 12.1 Å². The van der Waals surface area contributed by atoms with Crippen molar-refractivity contribution in [3.05, 3.63) is 33.9 Å². The highest BCUT2D eigenvalue weighted by Crippen LogP contribution is 2.33. The maximum Gasteiger partial charge on any atom is 0.573 e.